The molecule has 2 aromatic rings. The smallest absolute Gasteiger partial charge is 0.414 e. The molecular weight excluding hydrogens is 336 g/mol. The van der Waals surface area contributed by atoms with Crippen molar-refractivity contribution in [3.63, 3.8) is 0 Å². The van der Waals surface area contributed by atoms with Crippen LogP contribution in [0, 0.1) is 5.92 Å². The molecule has 0 N–H and O–H groups in total. The molecule has 3 atom stereocenters. The normalized spacial score (nSPS) is 23.8. The molecule has 0 aromatic heterocycles. The van der Waals surface area contributed by atoms with Gasteiger partial charge >= 0.3 is 6.09 Å². The van der Waals surface area contributed by atoms with Crippen molar-refractivity contribution >= 4 is 11.8 Å². The van der Waals surface area contributed by atoms with E-state index in [1.165, 1.54) is 12.0 Å². The summed E-state index contributed by atoms with van der Waals surface area (Å²) >= 11 is 0. The van der Waals surface area contributed by atoms with E-state index in [-0.39, 0.29) is 12.1 Å². The predicted octanol–water partition coefficient (Wildman–Crippen LogP) is 5.00. The number of ether oxygens (including phenoxy) is 1. The Bertz CT molecular complexity index is 792. The lowest BCUT2D eigenvalue weighted by atomic mass is 9.82. The second kappa shape index (κ2) is 7.73. The van der Waals surface area contributed by atoms with Gasteiger partial charge in [-0.25, -0.2) is 4.79 Å². The first-order chi connectivity index (χ1) is 13.2. The molecule has 3 unspecified atom stereocenters. The summed E-state index contributed by atoms with van der Waals surface area (Å²) in [7, 11) is 2.19. The van der Waals surface area contributed by atoms with Crippen LogP contribution in [0.2, 0.25) is 0 Å². The number of rotatable bonds is 4. The lowest BCUT2D eigenvalue weighted by molar-refractivity contribution is 0.128. The van der Waals surface area contributed by atoms with E-state index in [9.17, 15) is 4.79 Å². The van der Waals surface area contributed by atoms with E-state index in [0.29, 0.717) is 18.6 Å². The van der Waals surface area contributed by atoms with Gasteiger partial charge < -0.3 is 4.74 Å². The van der Waals surface area contributed by atoms with Crippen LogP contribution < -0.4 is 4.90 Å². The van der Waals surface area contributed by atoms with Crippen LogP contribution in [-0.4, -0.2) is 30.6 Å². The maximum absolute atomic E-state index is 13.1. The van der Waals surface area contributed by atoms with Crippen LogP contribution in [-0.2, 0) is 11.3 Å². The van der Waals surface area contributed by atoms with Crippen LogP contribution in [0.5, 0.6) is 0 Å². The number of benzene rings is 2. The van der Waals surface area contributed by atoms with Crippen LogP contribution in [0.15, 0.2) is 54.6 Å². The van der Waals surface area contributed by atoms with Gasteiger partial charge in [0.25, 0.3) is 0 Å². The highest BCUT2D eigenvalue weighted by atomic mass is 16.6. The summed E-state index contributed by atoms with van der Waals surface area (Å²) in [4.78, 5) is 17.5. The van der Waals surface area contributed by atoms with Crippen LogP contribution in [0.25, 0.3) is 0 Å². The molecule has 1 amide bonds. The summed E-state index contributed by atoms with van der Waals surface area (Å²) in [5.74, 6) is 0.467. The summed E-state index contributed by atoms with van der Waals surface area (Å²) in [5.41, 5.74) is 3.29. The third-order valence-electron chi connectivity index (χ3n) is 6.16. The largest absolute Gasteiger partial charge is 0.444 e. The predicted molar refractivity (Wildman–Crippen MR) is 108 cm³/mol. The lowest BCUT2D eigenvalue weighted by Gasteiger charge is -2.46. The SMILES string of the molecule is CCN(C)C1c2ccccc2N(C(=O)OCc2ccccc2)C2CCCC12. The van der Waals surface area contributed by atoms with E-state index in [1.54, 1.807) is 0 Å². The van der Waals surface area contributed by atoms with E-state index >= 15 is 0 Å². The minimum absolute atomic E-state index is 0.221. The first kappa shape index (κ1) is 18.1. The van der Waals surface area contributed by atoms with Gasteiger partial charge in [0.15, 0.2) is 0 Å². The Morgan fingerprint density at radius 2 is 1.85 bits per heavy atom. The van der Waals surface area contributed by atoms with Gasteiger partial charge in [-0.05, 0) is 49.5 Å². The minimum atomic E-state index is -0.221. The molecule has 1 aliphatic carbocycles. The van der Waals surface area contributed by atoms with Crippen molar-refractivity contribution in [3.05, 3.63) is 65.7 Å². The number of nitrogens with zero attached hydrogens (tertiary/aromatic N) is 2. The molecule has 1 fully saturated rings. The average Bonchev–Trinajstić information content (AvgIpc) is 3.19. The summed E-state index contributed by atoms with van der Waals surface area (Å²) in [5, 5.41) is 0. The van der Waals surface area contributed by atoms with Crippen molar-refractivity contribution in [2.45, 2.75) is 44.9 Å². The molecule has 1 saturated carbocycles. The Hall–Kier alpha value is -2.33. The molecular formula is C23H28N2O2. The van der Waals surface area contributed by atoms with Gasteiger partial charge in [0.2, 0.25) is 0 Å². The van der Waals surface area contributed by atoms with Crippen molar-refractivity contribution < 1.29 is 9.53 Å². The monoisotopic (exact) mass is 364 g/mol. The Morgan fingerprint density at radius 1 is 1.11 bits per heavy atom. The standard InChI is InChI=1S/C23H28N2O2/c1-3-24(2)22-18-12-7-8-14-20(18)25(21-15-9-13-19(21)22)23(26)27-16-17-10-5-4-6-11-17/h4-8,10-12,14,19,21-22H,3,9,13,15-16H2,1-2H3. The number of carbonyl (C=O) groups excluding carboxylic acids is 1. The Kier molecular flexibility index (Phi) is 5.17. The van der Waals surface area contributed by atoms with Gasteiger partial charge in [-0.2, -0.15) is 0 Å². The van der Waals surface area contributed by atoms with E-state index < -0.39 is 0 Å². The first-order valence-electron chi connectivity index (χ1n) is 9.99. The Labute approximate surface area is 161 Å². The quantitative estimate of drug-likeness (QED) is 0.765. The number of carbonyl (C=O) groups is 1. The van der Waals surface area contributed by atoms with Gasteiger partial charge in [0.05, 0.1) is 5.69 Å². The molecule has 0 spiro atoms. The topological polar surface area (TPSA) is 32.8 Å². The molecule has 4 nitrogen and oxygen atoms in total. The summed E-state index contributed by atoms with van der Waals surface area (Å²) < 4.78 is 5.73. The summed E-state index contributed by atoms with van der Waals surface area (Å²) in [6.07, 6.45) is 3.16. The van der Waals surface area contributed by atoms with Crippen molar-refractivity contribution in [3.8, 4) is 0 Å². The number of anilines is 1. The molecule has 0 radical (unpaired) electrons. The lowest BCUT2D eigenvalue weighted by Crippen LogP contribution is -2.50. The summed E-state index contributed by atoms with van der Waals surface area (Å²) in [6.45, 7) is 3.52. The zero-order valence-corrected chi connectivity index (χ0v) is 16.2. The minimum Gasteiger partial charge on any atom is -0.444 e. The highest BCUT2D eigenvalue weighted by Gasteiger charge is 2.47. The van der Waals surface area contributed by atoms with Gasteiger partial charge in [-0.15, -0.1) is 0 Å². The van der Waals surface area contributed by atoms with E-state index in [2.05, 4.69) is 37.1 Å². The van der Waals surface area contributed by atoms with Crippen LogP contribution in [0.4, 0.5) is 10.5 Å². The second-order valence-corrected chi connectivity index (χ2v) is 7.65. The maximum Gasteiger partial charge on any atom is 0.414 e. The Balaban J connectivity index is 1.64. The zero-order chi connectivity index (χ0) is 18.8. The molecule has 2 aromatic carbocycles. The molecule has 0 saturated heterocycles. The summed E-state index contributed by atoms with van der Waals surface area (Å²) in [6, 6.07) is 18.8. The number of hydrogen-bond donors (Lipinski definition) is 0. The Morgan fingerprint density at radius 3 is 2.63 bits per heavy atom. The van der Waals surface area contributed by atoms with Crippen molar-refractivity contribution in [1.82, 2.24) is 4.90 Å². The van der Waals surface area contributed by atoms with Gasteiger partial charge in [0.1, 0.15) is 6.61 Å². The molecule has 4 heteroatoms. The molecule has 142 valence electrons. The van der Waals surface area contributed by atoms with Crippen molar-refractivity contribution in [2.24, 2.45) is 5.92 Å². The first-order valence-corrected chi connectivity index (χ1v) is 9.99. The molecule has 2 aliphatic rings. The van der Waals surface area contributed by atoms with Crippen molar-refractivity contribution in [1.29, 1.82) is 0 Å². The van der Waals surface area contributed by atoms with Crippen molar-refractivity contribution in [2.75, 3.05) is 18.5 Å². The average molecular weight is 364 g/mol. The molecule has 4 rings (SSSR count). The fraction of sp³-hybridized carbons (Fsp3) is 0.435. The van der Waals surface area contributed by atoms with Crippen LogP contribution in [0.1, 0.15) is 43.4 Å². The van der Waals surface area contributed by atoms with Crippen LogP contribution in [0.3, 0.4) is 0 Å². The fourth-order valence-electron chi connectivity index (χ4n) is 4.81. The highest BCUT2D eigenvalue weighted by molar-refractivity contribution is 5.90. The maximum atomic E-state index is 13.1. The zero-order valence-electron chi connectivity index (χ0n) is 16.2. The third kappa shape index (κ3) is 3.34. The fourth-order valence-corrected chi connectivity index (χ4v) is 4.81. The number of amides is 1. The van der Waals surface area contributed by atoms with E-state index in [4.69, 9.17) is 4.74 Å². The molecule has 0 bridgehead atoms. The number of hydrogen-bond acceptors (Lipinski definition) is 3. The van der Waals surface area contributed by atoms with E-state index in [0.717, 1.165) is 30.6 Å². The van der Waals surface area contributed by atoms with Crippen LogP contribution >= 0.6 is 0 Å². The van der Waals surface area contributed by atoms with Gasteiger partial charge in [0, 0.05) is 12.1 Å². The molecule has 27 heavy (non-hydrogen) atoms. The molecule has 1 heterocycles. The second-order valence-electron chi connectivity index (χ2n) is 7.65. The highest BCUT2D eigenvalue weighted by Crippen LogP contribution is 2.49. The number of para-hydroxylation sites is 1. The third-order valence-corrected chi connectivity index (χ3v) is 6.16. The molecule has 1 aliphatic heterocycles. The van der Waals surface area contributed by atoms with Gasteiger partial charge in [-0.3, -0.25) is 9.80 Å². The van der Waals surface area contributed by atoms with Gasteiger partial charge in [-0.1, -0.05) is 61.9 Å². The number of fused-ring (bicyclic) bond motifs is 2. The van der Waals surface area contributed by atoms with E-state index in [1.807, 2.05) is 41.3 Å².